The lowest BCUT2D eigenvalue weighted by atomic mass is 10.1. The molecule has 2 N–H and O–H groups in total. The molecule has 1 aliphatic rings. The number of carbonyl (C=O) groups excluding carboxylic acids is 1. The molecule has 0 unspecified atom stereocenters. The number of hydrogen-bond acceptors (Lipinski definition) is 6. The number of aromatic nitrogens is 2. The van der Waals surface area contributed by atoms with Gasteiger partial charge in [0.2, 0.25) is 10.0 Å². The summed E-state index contributed by atoms with van der Waals surface area (Å²) in [6.45, 7) is 2.50. The number of ether oxygens (including phenoxy) is 1. The molecule has 1 saturated heterocycles. The Morgan fingerprint density at radius 1 is 1.23 bits per heavy atom. The van der Waals surface area contributed by atoms with Crippen LogP contribution in [0.25, 0.3) is 11.3 Å². The molecular formula is C20H22N4O5S. The Labute approximate surface area is 174 Å². The van der Waals surface area contributed by atoms with E-state index >= 15 is 0 Å². The first-order valence-corrected chi connectivity index (χ1v) is 10.9. The van der Waals surface area contributed by atoms with E-state index in [9.17, 15) is 13.2 Å². The molecule has 4 rings (SSSR count). The first kappa shape index (κ1) is 20.2. The van der Waals surface area contributed by atoms with Gasteiger partial charge in [-0.1, -0.05) is 12.1 Å². The van der Waals surface area contributed by atoms with Crippen LogP contribution in [0.15, 0.2) is 45.7 Å². The maximum absolute atomic E-state index is 12.8. The number of sulfonamides is 1. The molecule has 0 atom stereocenters. The van der Waals surface area contributed by atoms with Gasteiger partial charge in [0.15, 0.2) is 11.6 Å². The summed E-state index contributed by atoms with van der Waals surface area (Å²) in [4.78, 5) is 12.6. The summed E-state index contributed by atoms with van der Waals surface area (Å²) in [5.74, 6) is 0.450. The van der Waals surface area contributed by atoms with Crippen LogP contribution in [0.5, 0.6) is 5.75 Å². The fourth-order valence-corrected chi connectivity index (χ4v) is 5.15. The van der Waals surface area contributed by atoms with Gasteiger partial charge in [-0.2, -0.15) is 9.40 Å². The third kappa shape index (κ3) is 3.71. The number of nitrogens with zero attached hydrogens (tertiary/aromatic N) is 2. The van der Waals surface area contributed by atoms with E-state index in [1.807, 2.05) is 24.3 Å². The van der Waals surface area contributed by atoms with Gasteiger partial charge in [0.25, 0.3) is 5.91 Å². The highest BCUT2D eigenvalue weighted by Gasteiger charge is 2.31. The Hall–Kier alpha value is -3.11. The largest absolute Gasteiger partial charge is 0.496 e. The number of amides is 1. The smallest absolute Gasteiger partial charge is 0.292 e. The molecule has 1 aromatic carbocycles. The highest BCUT2D eigenvalue weighted by Crippen LogP contribution is 2.30. The summed E-state index contributed by atoms with van der Waals surface area (Å²) in [7, 11) is -2.10. The maximum atomic E-state index is 12.8. The van der Waals surface area contributed by atoms with E-state index in [0.29, 0.717) is 24.5 Å². The molecule has 1 amide bonds. The average molecular weight is 430 g/mol. The number of rotatable bonds is 6. The molecule has 1 aliphatic heterocycles. The molecule has 1 fully saturated rings. The van der Waals surface area contributed by atoms with Crippen molar-refractivity contribution in [1.82, 2.24) is 14.5 Å². The Morgan fingerprint density at radius 3 is 2.70 bits per heavy atom. The first-order chi connectivity index (χ1) is 14.4. The predicted molar refractivity (Wildman–Crippen MR) is 110 cm³/mol. The van der Waals surface area contributed by atoms with Gasteiger partial charge < -0.3 is 14.5 Å². The van der Waals surface area contributed by atoms with Crippen molar-refractivity contribution in [1.29, 1.82) is 0 Å². The van der Waals surface area contributed by atoms with Gasteiger partial charge in [0.1, 0.15) is 16.4 Å². The van der Waals surface area contributed by atoms with E-state index in [1.54, 1.807) is 13.2 Å². The van der Waals surface area contributed by atoms with Crippen LogP contribution in [-0.2, 0) is 10.0 Å². The lowest BCUT2D eigenvalue weighted by Crippen LogP contribution is -2.28. The summed E-state index contributed by atoms with van der Waals surface area (Å²) in [6, 6.07) is 10.3. The van der Waals surface area contributed by atoms with E-state index < -0.39 is 15.9 Å². The lowest BCUT2D eigenvalue weighted by molar-refractivity contribution is 0.0995. The van der Waals surface area contributed by atoms with Gasteiger partial charge in [-0.15, -0.1) is 0 Å². The zero-order valence-electron chi connectivity index (χ0n) is 16.6. The third-order valence-electron chi connectivity index (χ3n) is 5.00. The van der Waals surface area contributed by atoms with Gasteiger partial charge in [-0.05, 0) is 31.9 Å². The molecule has 2 aromatic heterocycles. The molecule has 0 bridgehead atoms. The predicted octanol–water partition coefficient (Wildman–Crippen LogP) is 3.02. The number of anilines is 1. The number of benzene rings is 1. The minimum absolute atomic E-state index is 0.0197. The van der Waals surface area contributed by atoms with Gasteiger partial charge in [0, 0.05) is 30.8 Å². The number of aromatic amines is 1. The van der Waals surface area contributed by atoms with Crippen LogP contribution in [0, 0.1) is 6.92 Å². The minimum Gasteiger partial charge on any atom is -0.496 e. The van der Waals surface area contributed by atoms with Crippen LogP contribution >= 0.6 is 0 Å². The SMILES string of the molecule is COc1ccccc1-c1cc(NC(=O)c2cc(S(=O)(=O)N3CCCC3)c(C)o2)n[nH]1. The zero-order chi connectivity index (χ0) is 21.3. The average Bonchev–Trinajstić information content (AvgIpc) is 3.49. The van der Waals surface area contributed by atoms with Gasteiger partial charge in [-0.3, -0.25) is 9.89 Å². The summed E-state index contributed by atoms with van der Waals surface area (Å²) in [5, 5.41) is 9.57. The number of methoxy groups -OCH3 is 1. The topological polar surface area (TPSA) is 118 Å². The second-order valence-corrected chi connectivity index (χ2v) is 8.87. The molecule has 30 heavy (non-hydrogen) atoms. The minimum atomic E-state index is -3.67. The van der Waals surface area contributed by atoms with Gasteiger partial charge in [0.05, 0.1) is 12.8 Å². The van der Waals surface area contributed by atoms with E-state index in [-0.39, 0.29) is 22.2 Å². The second kappa shape index (κ2) is 7.96. The number of aryl methyl sites for hydroxylation is 1. The van der Waals surface area contributed by atoms with Crippen molar-refractivity contribution < 1.29 is 22.4 Å². The Kier molecular flexibility index (Phi) is 5.35. The molecule has 0 spiro atoms. The quantitative estimate of drug-likeness (QED) is 0.621. The molecule has 3 heterocycles. The summed E-state index contributed by atoms with van der Waals surface area (Å²) >= 11 is 0. The van der Waals surface area contributed by atoms with E-state index in [2.05, 4.69) is 15.5 Å². The van der Waals surface area contributed by atoms with E-state index in [0.717, 1.165) is 18.4 Å². The highest BCUT2D eigenvalue weighted by atomic mass is 32.2. The summed E-state index contributed by atoms with van der Waals surface area (Å²) in [6.07, 6.45) is 1.66. The molecule has 10 heteroatoms. The van der Waals surface area contributed by atoms with Crippen molar-refractivity contribution in [3.8, 4) is 17.0 Å². The van der Waals surface area contributed by atoms with Crippen LogP contribution in [-0.4, -0.2) is 49.0 Å². The molecule has 0 aliphatic carbocycles. The van der Waals surface area contributed by atoms with Crippen molar-refractivity contribution in [2.45, 2.75) is 24.7 Å². The summed E-state index contributed by atoms with van der Waals surface area (Å²) < 4.78 is 37.8. The Bertz CT molecular complexity index is 1180. The monoisotopic (exact) mass is 430 g/mol. The molecule has 0 radical (unpaired) electrons. The lowest BCUT2D eigenvalue weighted by Gasteiger charge is -2.14. The molecule has 9 nitrogen and oxygen atoms in total. The van der Waals surface area contributed by atoms with Crippen molar-refractivity contribution in [3.63, 3.8) is 0 Å². The third-order valence-corrected chi connectivity index (χ3v) is 7.00. The van der Waals surface area contributed by atoms with Crippen molar-refractivity contribution in [2.75, 3.05) is 25.5 Å². The van der Waals surface area contributed by atoms with Crippen molar-refractivity contribution in [2.24, 2.45) is 0 Å². The number of nitrogens with one attached hydrogen (secondary N) is 2. The highest BCUT2D eigenvalue weighted by molar-refractivity contribution is 7.89. The Balaban J connectivity index is 1.53. The number of para-hydroxylation sites is 1. The zero-order valence-corrected chi connectivity index (χ0v) is 17.5. The molecule has 3 aromatic rings. The molecule has 0 saturated carbocycles. The first-order valence-electron chi connectivity index (χ1n) is 9.51. The fraction of sp³-hybridized carbons (Fsp3) is 0.300. The van der Waals surface area contributed by atoms with Crippen LogP contribution in [0.4, 0.5) is 5.82 Å². The molecule has 158 valence electrons. The maximum Gasteiger partial charge on any atom is 0.292 e. The summed E-state index contributed by atoms with van der Waals surface area (Å²) in [5.41, 5.74) is 1.46. The number of furan rings is 1. The van der Waals surface area contributed by atoms with Crippen LogP contribution < -0.4 is 10.1 Å². The van der Waals surface area contributed by atoms with Crippen LogP contribution in [0.2, 0.25) is 0 Å². The van der Waals surface area contributed by atoms with E-state index in [4.69, 9.17) is 9.15 Å². The van der Waals surface area contributed by atoms with Crippen molar-refractivity contribution >= 4 is 21.7 Å². The van der Waals surface area contributed by atoms with Crippen molar-refractivity contribution in [3.05, 3.63) is 47.9 Å². The number of H-pyrrole nitrogens is 1. The Morgan fingerprint density at radius 2 is 1.97 bits per heavy atom. The number of carbonyl (C=O) groups is 1. The van der Waals surface area contributed by atoms with Crippen LogP contribution in [0.1, 0.15) is 29.2 Å². The second-order valence-electron chi connectivity index (χ2n) is 6.96. The standard InChI is InChI=1S/C20H22N4O5S/c1-13-18(30(26,27)24-9-5-6-10-24)12-17(29-13)20(25)21-19-11-15(22-23-19)14-7-3-4-8-16(14)28-2/h3-4,7-8,11-12H,5-6,9-10H2,1-2H3,(H2,21,22,23,25). The van der Waals surface area contributed by atoms with Gasteiger partial charge in [-0.25, -0.2) is 8.42 Å². The van der Waals surface area contributed by atoms with E-state index in [1.165, 1.54) is 17.3 Å². The number of hydrogen-bond donors (Lipinski definition) is 2. The van der Waals surface area contributed by atoms with Gasteiger partial charge >= 0.3 is 0 Å². The molecular weight excluding hydrogens is 408 g/mol. The normalized spacial score (nSPS) is 14.7. The van der Waals surface area contributed by atoms with Crippen LogP contribution in [0.3, 0.4) is 0 Å². The fourth-order valence-electron chi connectivity index (χ4n) is 3.47.